The van der Waals surface area contributed by atoms with Crippen molar-refractivity contribution in [3.8, 4) is 0 Å². The fourth-order valence-corrected chi connectivity index (χ4v) is 2.71. The number of rotatable bonds is 0. The Balaban J connectivity index is 2.28. The molecule has 60 valence electrons. The fourth-order valence-electron chi connectivity index (χ4n) is 2.03. The van der Waals surface area contributed by atoms with Gasteiger partial charge in [-0.2, -0.15) is 0 Å². The van der Waals surface area contributed by atoms with E-state index in [9.17, 15) is 0 Å². The first kappa shape index (κ1) is 7.60. The van der Waals surface area contributed by atoms with E-state index in [2.05, 4.69) is 35.0 Å². The monoisotopic (exact) mass is 212 g/mol. The Morgan fingerprint density at radius 1 is 1.55 bits per heavy atom. The van der Waals surface area contributed by atoms with E-state index in [1.54, 1.807) is 11.1 Å². The molecule has 0 radical (unpaired) electrons. The van der Waals surface area contributed by atoms with Crippen LogP contribution in [0.1, 0.15) is 26.2 Å². The standard InChI is InChI=1S/C10H13Br/c1-7-9-5-3-2-4-8(9)6-10(7)11/h3,5,7,10H,2,4,6H2,1H3. The molecule has 0 aliphatic heterocycles. The first-order valence-electron chi connectivity index (χ1n) is 4.31. The molecule has 0 nitrogen and oxygen atoms in total. The summed E-state index contributed by atoms with van der Waals surface area (Å²) in [6.07, 6.45) is 8.47. The summed E-state index contributed by atoms with van der Waals surface area (Å²) < 4.78 is 0. The van der Waals surface area contributed by atoms with Crippen LogP contribution in [0.3, 0.4) is 0 Å². The maximum absolute atomic E-state index is 3.72. The van der Waals surface area contributed by atoms with Crippen LogP contribution >= 0.6 is 15.9 Å². The molecule has 2 atom stereocenters. The van der Waals surface area contributed by atoms with Crippen molar-refractivity contribution in [2.24, 2.45) is 5.92 Å². The molecule has 2 aliphatic carbocycles. The highest BCUT2D eigenvalue weighted by atomic mass is 79.9. The van der Waals surface area contributed by atoms with Crippen molar-refractivity contribution < 1.29 is 0 Å². The summed E-state index contributed by atoms with van der Waals surface area (Å²) >= 11 is 3.72. The van der Waals surface area contributed by atoms with E-state index < -0.39 is 0 Å². The molecular formula is C10H13Br. The number of hydrogen-bond acceptors (Lipinski definition) is 0. The van der Waals surface area contributed by atoms with Gasteiger partial charge in [0.25, 0.3) is 0 Å². The molecule has 2 aliphatic rings. The molecule has 0 fully saturated rings. The zero-order valence-corrected chi connectivity index (χ0v) is 8.39. The lowest BCUT2D eigenvalue weighted by molar-refractivity contribution is 0.708. The number of alkyl halides is 1. The minimum atomic E-state index is 0.704. The number of hydrogen-bond donors (Lipinski definition) is 0. The summed E-state index contributed by atoms with van der Waals surface area (Å²) in [5.74, 6) is 0.738. The molecule has 0 amide bonds. The second-order valence-electron chi connectivity index (χ2n) is 3.51. The van der Waals surface area contributed by atoms with Crippen LogP contribution in [-0.4, -0.2) is 4.83 Å². The van der Waals surface area contributed by atoms with Gasteiger partial charge < -0.3 is 0 Å². The lowest BCUT2D eigenvalue weighted by Crippen LogP contribution is -2.04. The normalized spacial score (nSPS) is 36.2. The molecule has 1 heteroatoms. The van der Waals surface area contributed by atoms with Crippen molar-refractivity contribution in [1.29, 1.82) is 0 Å². The third kappa shape index (κ3) is 1.20. The first-order valence-corrected chi connectivity index (χ1v) is 5.23. The third-order valence-electron chi connectivity index (χ3n) is 2.79. The second-order valence-corrected chi connectivity index (χ2v) is 4.68. The summed E-state index contributed by atoms with van der Waals surface area (Å²) in [5.41, 5.74) is 3.31. The van der Waals surface area contributed by atoms with Crippen molar-refractivity contribution in [2.45, 2.75) is 31.0 Å². The van der Waals surface area contributed by atoms with Crippen molar-refractivity contribution in [3.05, 3.63) is 23.3 Å². The van der Waals surface area contributed by atoms with Gasteiger partial charge in [-0.3, -0.25) is 0 Å². The van der Waals surface area contributed by atoms with Crippen LogP contribution in [0.2, 0.25) is 0 Å². The Morgan fingerprint density at radius 3 is 3.09 bits per heavy atom. The predicted octanol–water partition coefficient (Wildman–Crippen LogP) is 3.44. The van der Waals surface area contributed by atoms with Crippen LogP contribution in [0.5, 0.6) is 0 Å². The van der Waals surface area contributed by atoms with E-state index in [4.69, 9.17) is 0 Å². The van der Waals surface area contributed by atoms with E-state index >= 15 is 0 Å². The van der Waals surface area contributed by atoms with Gasteiger partial charge in [-0.15, -0.1) is 0 Å². The van der Waals surface area contributed by atoms with E-state index in [0.717, 1.165) is 5.92 Å². The van der Waals surface area contributed by atoms with Gasteiger partial charge in [0.1, 0.15) is 0 Å². The van der Waals surface area contributed by atoms with Crippen LogP contribution in [0, 0.1) is 5.92 Å². The minimum absolute atomic E-state index is 0.704. The van der Waals surface area contributed by atoms with Crippen molar-refractivity contribution >= 4 is 15.9 Å². The van der Waals surface area contributed by atoms with Crippen LogP contribution in [0.25, 0.3) is 0 Å². The van der Waals surface area contributed by atoms with E-state index in [1.807, 2.05) is 0 Å². The quantitative estimate of drug-likeness (QED) is 0.540. The lowest BCUT2D eigenvalue weighted by Gasteiger charge is -2.11. The summed E-state index contributed by atoms with van der Waals surface area (Å²) in [6, 6.07) is 0. The zero-order valence-electron chi connectivity index (χ0n) is 6.81. The summed E-state index contributed by atoms with van der Waals surface area (Å²) in [6.45, 7) is 2.32. The smallest absolute Gasteiger partial charge is 0.0249 e. The van der Waals surface area contributed by atoms with Crippen LogP contribution in [-0.2, 0) is 0 Å². The average Bonchev–Trinajstić information content (AvgIpc) is 2.30. The molecule has 0 N–H and O–H groups in total. The minimum Gasteiger partial charge on any atom is -0.0881 e. The first-order chi connectivity index (χ1) is 5.29. The molecule has 0 aromatic carbocycles. The largest absolute Gasteiger partial charge is 0.0881 e. The van der Waals surface area contributed by atoms with Gasteiger partial charge >= 0.3 is 0 Å². The molecule has 0 spiro atoms. The van der Waals surface area contributed by atoms with Gasteiger partial charge in [0.05, 0.1) is 0 Å². The van der Waals surface area contributed by atoms with Gasteiger partial charge in [-0.25, -0.2) is 0 Å². The topological polar surface area (TPSA) is 0 Å². The highest BCUT2D eigenvalue weighted by Crippen LogP contribution is 2.41. The number of halogens is 1. The Hall–Kier alpha value is -0.0400. The second kappa shape index (κ2) is 2.78. The van der Waals surface area contributed by atoms with E-state index in [-0.39, 0.29) is 0 Å². The molecular weight excluding hydrogens is 200 g/mol. The summed E-state index contributed by atoms with van der Waals surface area (Å²) in [4.78, 5) is 0.704. The highest BCUT2D eigenvalue weighted by molar-refractivity contribution is 9.09. The predicted molar refractivity (Wildman–Crippen MR) is 51.9 cm³/mol. The van der Waals surface area contributed by atoms with Gasteiger partial charge in [-0.1, -0.05) is 40.6 Å². The van der Waals surface area contributed by atoms with Crippen molar-refractivity contribution in [2.75, 3.05) is 0 Å². The summed E-state index contributed by atoms with van der Waals surface area (Å²) in [7, 11) is 0. The van der Waals surface area contributed by atoms with Crippen molar-refractivity contribution in [1.82, 2.24) is 0 Å². The summed E-state index contributed by atoms with van der Waals surface area (Å²) in [5, 5.41) is 0. The molecule has 0 aromatic rings. The van der Waals surface area contributed by atoms with Crippen LogP contribution in [0.4, 0.5) is 0 Å². The fraction of sp³-hybridized carbons (Fsp3) is 0.600. The lowest BCUT2D eigenvalue weighted by atomic mass is 9.96. The highest BCUT2D eigenvalue weighted by Gasteiger charge is 2.28. The molecule has 0 saturated carbocycles. The zero-order chi connectivity index (χ0) is 7.84. The maximum Gasteiger partial charge on any atom is 0.0249 e. The SMILES string of the molecule is CC1C2=C(CCC=C2)CC1Br. The van der Waals surface area contributed by atoms with Gasteiger partial charge in [-0.05, 0) is 30.8 Å². The Morgan fingerprint density at radius 2 is 2.36 bits per heavy atom. The van der Waals surface area contributed by atoms with E-state index in [1.165, 1.54) is 19.3 Å². The van der Waals surface area contributed by atoms with Crippen molar-refractivity contribution in [3.63, 3.8) is 0 Å². The van der Waals surface area contributed by atoms with Gasteiger partial charge in [0.2, 0.25) is 0 Å². The van der Waals surface area contributed by atoms with Crippen LogP contribution in [0.15, 0.2) is 23.3 Å². The number of allylic oxidation sites excluding steroid dienone is 4. The molecule has 2 unspecified atom stereocenters. The van der Waals surface area contributed by atoms with Gasteiger partial charge in [0, 0.05) is 4.83 Å². The molecule has 0 heterocycles. The molecule has 0 aromatic heterocycles. The Labute approximate surface area is 76.5 Å². The third-order valence-corrected chi connectivity index (χ3v) is 3.91. The molecule has 0 bridgehead atoms. The van der Waals surface area contributed by atoms with E-state index in [0.29, 0.717) is 4.83 Å². The van der Waals surface area contributed by atoms with Crippen LogP contribution < -0.4 is 0 Å². The molecule has 0 saturated heterocycles. The Bertz CT molecular complexity index is 225. The molecule has 11 heavy (non-hydrogen) atoms. The Kier molecular flexibility index (Phi) is 1.92. The molecule has 2 rings (SSSR count). The van der Waals surface area contributed by atoms with Gasteiger partial charge in [0.15, 0.2) is 0 Å². The maximum atomic E-state index is 3.72. The average molecular weight is 213 g/mol.